The Morgan fingerprint density at radius 2 is 1.96 bits per heavy atom. The van der Waals surface area contributed by atoms with Crippen LogP contribution in [0.1, 0.15) is 12.4 Å². The zero-order valence-corrected chi connectivity index (χ0v) is 13.0. The molecular formula is C13H16ClF2N7. The predicted molar refractivity (Wildman–Crippen MR) is 82.4 cm³/mol. The summed E-state index contributed by atoms with van der Waals surface area (Å²) in [6, 6.07) is 1.66. The minimum atomic E-state index is -2.57. The zero-order chi connectivity index (χ0) is 16.4. The molecule has 2 aromatic rings. The molecule has 10 heteroatoms. The molecule has 3 heterocycles. The van der Waals surface area contributed by atoms with E-state index in [1.54, 1.807) is 6.07 Å². The molecule has 0 bridgehead atoms. The third-order valence-corrected chi connectivity index (χ3v) is 3.91. The van der Waals surface area contributed by atoms with Gasteiger partial charge < -0.3 is 10.6 Å². The van der Waals surface area contributed by atoms with Crippen molar-refractivity contribution in [2.45, 2.75) is 13.1 Å². The first-order valence-corrected chi connectivity index (χ1v) is 7.48. The maximum Gasteiger partial charge on any atom is 0.319 e. The lowest BCUT2D eigenvalue weighted by Gasteiger charge is -2.35. The van der Waals surface area contributed by atoms with Crippen LogP contribution in [0.25, 0.3) is 0 Å². The first-order valence-electron chi connectivity index (χ1n) is 7.10. The van der Waals surface area contributed by atoms with Gasteiger partial charge in [-0.15, -0.1) is 0 Å². The number of rotatable bonds is 4. The van der Waals surface area contributed by atoms with Gasteiger partial charge in [0.15, 0.2) is 0 Å². The monoisotopic (exact) mass is 343 g/mol. The van der Waals surface area contributed by atoms with E-state index in [0.29, 0.717) is 49.5 Å². The number of hydrogen-bond acceptors (Lipinski definition) is 6. The summed E-state index contributed by atoms with van der Waals surface area (Å²) >= 11 is 5.89. The number of nitrogen functional groups attached to an aromatic ring is 1. The van der Waals surface area contributed by atoms with E-state index in [-0.39, 0.29) is 5.95 Å². The van der Waals surface area contributed by atoms with E-state index in [1.165, 1.54) is 12.4 Å². The SMILES string of the molecule is Nc1nc(Cl)cc(N2CCN(Cc3nccn3C(F)F)CC2)n1. The van der Waals surface area contributed by atoms with Gasteiger partial charge in [0.1, 0.15) is 16.8 Å². The molecule has 0 saturated carbocycles. The van der Waals surface area contributed by atoms with Gasteiger partial charge in [-0.25, -0.2) is 9.97 Å². The second-order valence-electron chi connectivity index (χ2n) is 5.20. The molecule has 0 atom stereocenters. The van der Waals surface area contributed by atoms with Gasteiger partial charge in [-0.05, 0) is 0 Å². The largest absolute Gasteiger partial charge is 0.368 e. The average Bonchev–Trinajstić information content (AvgIpc) is 2.95. The molecule has 23 heavy (non-hydrogen) atoms. The number of nitrogens with zero attached hydrogens (tertiary/aromatic N) is 6. The Morgan fingerprint density at radius 3 is 2.61 bits per heavy atom. The molecule has 7 nitrogen and oxygen atoms in total. The standard InChI is InChI=1S/C13H16ClF2N7/c14-9-7-10(20-13(17)19-9)22-5-3-21(4-6-22)8-11-18-1-2-23(11)12(15)16/h1-2,7,12H,3-6,8H2,(H2,17,19,20). The fourth-order valence-corrected chi connectivity index (χ4v) is 2.75. The average molecular weight is 344 g/mol. The van der Waals surface area contributed by atoms with Crippen LogP contribution in [-0.2, 0) is 6.54 Å². The third-order valence-electron chi connectivity index (χ3n) is 3.72. The summed E-state index contributed by atoms with van der Waals surface area (Å²) in [5, 5.41) is 0.300. The Balaban J connectivity index is 1.61. The van der Waals surface area contributed by atoms with Gasteiger partial charge in [0.05, 0.1) is 6.54 Å². The van der Waals surface area contributed by atoms with Crippen LogP contribution in [-0.4, -0.2) is 50.6 Å². The lowest BCUT2D eigenvalue weighted by atomic mass is 10.3. The maximum absolute atomic E-state index is 12.8. The van der Waals surface area contributed by atoms with E-state index >= 15 is 0 Å². The number of alkyl halides is 2. The third kappa shape index (κ3) is 3.67. The molecule has 2 aromatic heterocycles. The summed E-state index contributed by atoms with van der Waals surface area (Å²) in [6.45, 7) is 0.622. The molecular weight excluding hydrogens is 328 g/mol. The number of nitrogens with two attached hydrogens (primary N) is 1. The van der Waals surface area contributed by atoms with Crippen LogP contribution < -0.4 is 10.6 Å². The highest BCUT2D eigenvalue weighted by Gasteiger charge is 2.21. The lowest BCUT2D eigenvalue weighted by Crippen LogP contribution is -2.46. The minimum absolute atomic E-state index is 0.133. The van der Waals surface area contributed by atoms with Crippen molar-refractivity contribution in [2.24, 2.45) is 0 Å². The van der Waals surface area contributed by atoms with Crippen LogP contribution in [0.5, 0.6) is 0 Å². The van der Waals surface area contributed by atoms with Crippen molar-refractivity contribution < 1.29 is 8.78 Å². The van der Waals surface area contributed by atoms with Crippen LogP contribution in [0, 0.1) is 0 Å². The van der Waals surface area contributed by atoms with Crippen molar-refractivity contribution in [3.05, 3.63) is 29.4 Å². The van der Waals surface area contributed by atoms with Crippen LogP contribution in [0.3, 0.4) is 0 Å². The van der Waals surface area contributed by atoms with Gasteiger partial charge in [-0.1, -0.05) is 11.6 Å². The number of aromatic nitrogens is 4. The normalized spacial score (nSPS) is 16.3. The number of anilines is 2. The second-order valence-corrected chi connectivity index (χ2v) is 5.59. The van der Waals surface area contributed by atoms with Crippen LogP contribution in [0.4, 0.5) is 20.5 Å². The highest BCUT2D eigenvalue weighted by atomic mass is 35.5. The first-order chi connectivity index (χ1) is 11.0. The van der Waals surface area contributed by atoms with Gasteiger partial charge in [0.25, 0.3) is 0 Å². The van der Waals surface area contributed by atoms with Crippen molar-refractivity contribution in [1.82, 2.24) is 24.4 Å². The zero-order valence-electron chi connectivity index (χ0n) is 12.2. The summed E-state index contributed by atoms with van der Waals surface area (Å²) in [5.41, 5.74) is 5.60. The fraction of sp³-hybridized carbons (Fsp3) is 0.462. The van der Waals surface area contributed by atoms with E-state index in [2.05, 4.69) is 19.9 Å². The van der Waals surface area contributed by atoms with Gasteiger partial charge in [0, 0.05) is 44.6 Å². The minimum Gasteiger partial charge on any atom is -0.368 e. The Morgan fingerprint density at radius 1 is 1.22 bits per heavy atom. The van der Waals surface area contributed by atoms with Crippen molar-refractivity contribution in [1.29, 1.82) is 0 Å². The van der Waals surface area contributed by atoms with Crippen molar-refractivity contribution >= 4 is 23.4 Å². The topological polar surface area (TPSA) is 76.1 Å². The molecule has 1 fully saturated rings. The number of hydrogen-bond donors (Lipinski definition) is 1. The molecule has 0 spiro atoms. The van der Waals surface area contributed by atoms with Crippen molar-refractivity contribution in [3.63, 3.8) is 0 Å². The van der Waals surface area contributed by atoms with Gasteiger partial charge in [-0.2, -0.15) is 13.8 Å². The summed E-state index contributed by atoms with van der Waals surface area (Å²) in [6.07, 6.45) is 2.69. The summed E-state index contributed by atoms with van der Waals surface area (Å²) in [4.78, 5) is 16.1. The molecule has 1 aliphatic heterocycles. The van der Waals surface area contributed by atoms with Gasteiger partial charge in [-0.3, -0.25) is 9.47 Å². The summed E-state index contributed by atoms with van der Waals surface area (Å²) in [7, 11) is 0. The van der Waals surface area contributed by atoms with Crippen molar-refractivity contribution in [2.75, 3.05) is 36.8 Å². The molecule has 2 N–H and O–H groups in total. The summed E-state index contributed by atoms with van der Waals surface area (Å²) < 4.78 is 26.5. The first kappa shape index (κ1) is 15.9. The van der Waals surface area contributed by atoms with Gasteiger partial charge >= 0.3 is 6.55 Å². The van der Waals surface area contributed by atoms with E-state index in [9.17, 15) is 8.78 Å². The molecule has 0 aromatic carbocycles. The predicted octanol–water partition coefficient (Wildman–Crippen LogP) is 1.63. The molecule has 1 saturated heterocycles. The summed E-state index contributed by atoms with van der Waals surface area (Å²) in [5.74, 6) is 1.17. The second kappa shape index (κ2) is 6.63. The lowest BCUT2D eigenvalue weighted by molar-refractivity contribution is 0.0637. The molecule has 3 rings (SSSR count). The quantitative estimate of drug-likeness (QED) is 0.850. The fourth-order valence-electron chi connectivity index (χ4n) is 2.56. The number of halogens is 3. The van der Waals surface area contributed by atoms with Crippen molar-refractivity contribution in [3.8, 4) is 0 Å². The number of imidazole rings is 1. The van der Waals surface area contributed by atoms with E-state index in [1.807, 2.05) is 4.90 Å². The molecule has 0 radical (unpaired) electrons. The molecule has 0 amide bonds. The Hall–Kier alpha value is -2.00. The van der Waals surface area contributed by atoms with Gasteiger partial charge in [0.2, 0.25) is 5.95 Å². The molecule has 1 aliphatic rings. The Labute approximate surface area is 136 Å². The molecule has 0 unspecified atom stereocenters. The van der Waals surface area contributed by atoms with Crippen LogP contribution in [0.2, 0.25) is 5.15 Å². The van der Waals surface area contributed by atoms with Crippen LogP contribution >= 0.6 is 11.6 Å². The smallest absolute Gasteiger partial charge is 0.319 e. The maximum atomic E-state index is 12.8. The molecule has 0 aliphatic carbocycles. The van der Waals surface area contributed by atoms with E-state index in [4.69, 9.17) is 17.3 Å². The highest BCUT2D eigenvalue weighted by Crippen LogP contribution is 2.20. The molecule has 124 valence electrons. The van der Waals surface area contributed by atoms with Crippen LogP contribution in [0.15, 0.2) is 18.5 Å². The Bertz CT molecular complexity index is 650. The highest BCUT2D eigenvalue weighted by molar-refractivity contribution is 6.29. The number of piperazine rings is 1. The Kier molecular flexibility index (Phi) is 4.58. The van der Waals surface area contributed by atoms with E-state index in [0.717, 1.165) is 4.57 Å². The van der Waals surface area contributed by atoms with E-state index < -0.39 is 6.55 Å².